The van der Waals surface area contributed by atoms with Crippen LogP contribution in [-0.2, 0) is 4.79 Å². The Morgan fingerprint density at radius 1 is 1.29 bits per heavy atom. The van der Waals surface area contributed by atoms with Gasteiger partial charge in [0, 0.05) is 17.0 Å². The van der Waals surface area contributed by atoms with Gasteiger partial charge in [0.05, 0.1) is 30.3 Å². The van der Waals surface area contributed by atoms with Gasteiger partial charge in [0.1, 0.15) is 16.7 Å². The molecule has 2 unspecified atom stereocenters. The van der Waals surface area contributed by atoms with Crippen molar-refractivity contribution in [2.75, 3.05) is 6.61 Å². The van der Waals surface area contributed by atoms with Crippen LogP contribution in [0.4, 0.5) is 0 Å². The minimum Gasteiger partial charge on any atom is -0.494 e. The summed E-state index contributed by atoms with van der Waals surface area (Å²) in [6.45, 7) is 4.29. The number of allylic oxidation sites excluding steroid dienone is 2. The Labute approximate surface area is 167 Å². The Bertz CT molecular complexity index is 1060. The van der Waals surface area contributed by atoms with Gasteiger partial charge < -0.3 is 4.74 Å². The zero-order chi connectivity index (χ0) is 19.7. The van der Waals surface area contributed by atoms with E-state index in [1.165, 1.54) is 5.01 Å². The number of benzene rings is 1. The van der Waals surface area contributed by atoms with Crippen molar-refractivity contribution >= 4 is 40.5 Å². The monoisotopic (exact) mass is 394 g/mol. The molecule has 2 atom stereocenters. The summed E-state index contributed by atoms with van der Waals surface area (Å²) >= 11 is 6.34. The number of hydrogen-bond acceptors (Lipinski definition) is 5. The summed E-state index contributed by atoms with van der Waals surface area (Å²) in [6.07, 6.45) is 9.09. The molecule has 2 aliphatic rings. The number of aromatic nitrogens is 1. The number of rotatable bonds is 4. The van der Waals surface area contributed by atoms with E-state index in [4.69, 9.17) is 16.3 Å². The van der Waals surface area contributed by atoms with E-state index in [-0.39, 0.29) is 17.9 Å². The van der Waals surface area contributed by atoms with E-state index < -0.39 is 0 Å². The molecule has 0 spiro atoms. The van der Waals surface area contributed by atoms with Crippen LogP contribution in [0.15, 0.2) is 58.7 Å². The van der Waals surface area contributed by atoms with E-state index in [9.17, 15) is 4.79 Å². The molecule has 28 heavy (non-hydrogen) atoms. The van der Waals surface area contributed by atoms with Crippen LogP contribution in [0.2, 0.25) is 5.15 Å². The van der Waals surface area contributed by atoms with Crippen molar-refractivity contribution < 1.29 is 9.53 Å². The summed E-state index contributed by atoms with van der Waals surface area (Å²) in [6, 6.07) is 7.38. The van der Waals surface area contributed by atoms with Crippen LogP contribution in [0.1, 0.15) is 19.4 Å². The third-order valence-electron chi connectivity index (χ3n) is 4.64. The topological polar surface area (TPSA) is 67.2 Å². The molecule has 6 nitrogen and oxygen atoms in total. The van der Waals surface area contributed by atoms with Crippen LogP contribution in [0.3, 0.4) is 0 Å². The molecule has 1 aromatic carbocycles. The van der Waals surface area contributed by atoms with E-state index in [0.29, 0.717) is 23.2 Å². The zero-order valence-corrected chi connectivity index (χ0v) is 16.3. The lowest BCUT2D eigenvalue weighted by Crippen LogP contribution is -2.44. The predicted octanol–water partition coefficient (Wildman–Crippen LogP) is 3.99. The molecule has 1 amide bonds. The number of halogens is 1. The van der Waals surface area contributed by atoms with Crippen molar-refractivity contribution in [3.05, 3.63) is 59.3 Å². The van der Waals surface area contributed by atoms with E-state index >= 15 is 0 Å². The number of nitrogens with zero attached hydrogens (tertiary/aromatic N) is 4. The van der Waals surface area contributed by atoms with Crippen LogP contribution >= 0.6 is 11.6 Å². The number of amides is 1. The van der Waals surface area contributed by atoms with Crippen LogP contribution in [-0.4, -0.2) is 40.6 Å². The number of amidine groups is 1. The van der Waals surface area contributed by atoms with Gasteiger partial charge in [0.15, 0.2) is 0 Å². The van der Waals surface area contributed by atoms with Gasteiger partial charge in [-0.05, 0) is 32.0 Å². The maximum absolute atomic E-state index is 12.8. The molecular weight excluding hydrogens is 376 g/mol. The number of carbonyl (C=O) groups excluding carboxylic acids is 1. The van der Waals surface area contributed by atoms with Crippen LogP contribution in [0.25, 0.3) is 10.9 Å². The normalized spacial score (nSPS) is 21.3. The zero-order valence-electron chi connectivity index (χ0n) is 15.5. The van der Waals surface area contributed by atoms with Crippen LogP contribution in [0, 0.1) is 5.92 Å². The fourth-order valence-electron chi connectivity index (χ4n) is 3.27. The van der Waals surface area contributed by atoms with Gasteiger partial charge in [-0.1, -0.05) is 35.9 Å². The molecule has 1 aliphatic carbocycles. The highest BCUT2D eigenvalue weighted by Crippen LogP contribution is 2.26. The quantitative estimate of drug-likeness (QED) is 0.581. The molecule has 0 bridgehead atoms. The number of hydrazone groups is 1. The third-order valence-corrected chi connectivity index (χ3v) is 4.94. The summed E-state index contributed by atoms with van der Waals surface area (Å²) in [5.41, 5.74) is 1.36. The number of hydrogen-bond donors (Lipinski definition) is 0. The minimum absolute atomic E-state index is 0.111. The summed E-state index contributed by atoms with van der Waals surface area (Å²) in [4.78, 5) is 21.8. The minimum atomic E-state index is -0.326. The average molecular weight is 395 g/mol. The Morgan fingerprint density at radius 2 is 2.11 bits per heavy atom. The van der Waals surface area contributed by atoms with E-state index in [1.54, 1.807) is 13.1 Å². The highest BCUT2D eigenvalue weighted by atomic mass is 35.5. The molecule has 1 aromatic heterocycles. The van der Waals surface area contributed by atoms with Gasteiger partial charge in [-0.25, -0.2) is 4.98 Å². The highest BCUT2D eigenvalue weighted by Gasteiger charge is 2.35. The predicted molar refractivity (Wildman–Crippen MR) is 111 cm³/mol. The molecule has 0 radical (unpaired) electrons. The fourth-order valence-corrected chi connectivity index (χ4v) is 3.46. The first-order valence-corrected chi connectivity index (χ1v) is 9.45. The second kappa shape index (κ2) is 7.56. The molecule has 0 fully saturated rings. The van der Waals surface area contributed by atoms with Crippen molar-refractivity contribution in [3.63, 3.8) is 0 Å². The number of carbonyl (C=O) groups is 1. The Kier molecular flexibility index (Phi) is 4.96. The summed E-state index contributed by atoms with van der Waals surface area (Å²) < 4.78 is 5.50. The molecule has 142 valence electrons. The van der Waals surface area contributed by atoms with E-state index in [2.05, 4.69) is 15.1 Å². The smallest absolute Gasteiger partial charge is 0.257 e. The molecule has 4 rings (SSSR count). The molecule has 2 heterocycles. The number of aliphatic imine (C=N–C) groups is 1. The lowest BCUT2D eigenvalue weighted by molar-refractivity contribution is -0.131. The van der Waals surface area contributed by atoms with Crippen molar-refractivity contribution in [1.82, 2.24) is 9.99 Å². The molecule has 0 saturated heterocycles. The van der Waals surface area contributed by atoms with Crippen molar-refractivity contribution in [3.8, 4) is 5.75 Å². The first-order valence-electron chi connectivity index (χ1n) is 9.07. The summed E-state index contributed by atoms with van der Waals surface area (Å²) in [5.74, 6) is 0.858. The van der Waals surface area contributed by atoms with Gasteiger partial charge in [-0.2, -0.15) is 10.1 Å². The Hall–Kier alpha value is -2.99. The molecule has 7 heteroatoms. The fraction of sp³-hybridized carbons (Fsp3) is 0.238. The highest BCUT2D eigenvalue weighted by molar-refractivity contribution is 6.32. The van der Waals surface area contributed by atoms with Gasteiger partial charge in [-0.15, -0.1) is 0 Å². The first kappa shape index (κ1) is 18.4. The van der Waals surface area contributed by atoms with E-state index in [1.807, 2.05) is 55.5 Å². The summed E-state index contributed by atoms with van der Waals surface area (Å²) in [5, 5.41) is 6.88. The van der Waals surface area contributed by atoms with Crippen LogP contribution < -0.4 is 4.74 Å². The third kappa shape index (κ3) is 3.43. The maximum atomic E-state index is 12.8. The van der Waals surface area contributed by atoms with Crippen molar-refractivity contribution in [2.45, 2.75) is 19.9 Å². The number of pyridine rings is 1. The van der Waals surface area contributed by atoms with Gasteiger partial charge in [0.2, 0.25) is 0 Å². The standard InChI is InChI=1S/C21H19ClN4O2/c1-3-28-16-9-8-14-10-15(20(22)25-19(14)11-16)12-23-26-13(2)24-18-7-5-4-6-17(18)21(26)27/h4-12,17-18H,3H2,1-2H3/b23-12-. The van der Waals surface area contributed by atoms with Crippen LogP contribution in [0.5, 0.6) is 5.75 Å². The number of ether oxygens (including phenoxy) is 1. The molecule has 2 aromatic rings. The average Bonchev–Trinajstić information content (AvgIpc) is 2.68. The van der Waals surface area contributed by atoms with Gasteiger partial charge >= 0.3 is 0 Å². The second-order valence-electron chi connectivity index (χ2n) is 6.51. The lowest BCUT2D eigenvalue weighted by Gasteiger charge is -2.30. The van der Waals surface area contributed by atoms with Crippen molar-refractivity contribution in [2.24, 2.45) is 16.0 Å². The molecule has 0 saturated carbocycles. The SMILES string of the molecule is CCOc1ccc2cc(/C=N\N3C(=O)C4C=CC=CC4N=C3C)c(Cl)nc2c1. The molecule has 0 N–H and O–H groups in total. The largest absolute Gasteiger partial charge is 0.494 e. The van der Waals surface area contributed by atoms with Crippen molar-refractivity contribution in [1.29, 1.82) is 0 Å². The molecule has 1 aliphatic heterocycles. The second-order valence-corrected chi connectivity index (χ2v) is 6.87. The maximum Gasteiger partial charge on any atom is 0.257 e. The Morgan fingerprint density at radius 3 is 2.93 bits per heavy atom. The lowest BCUT2D eigenvalue weighted by atomic mass is 9.93. The number of fused-ring (bicyclic) bond motifs is 2. The van der Waals surface area contributed by atoms with Gasteiger partial charge in [-0.3, -0.25) is 9.79 Å². The van der Waals surface area contributed by atoms with Gasteiger partial charge in [0.25, 0.3) is 5.91 Å². The van der Waals surface area contributed by atoms with E-state index in [0.717, 1.165) is 16.7 Å². The first-order chi connectivity index (χ1) is 13.6. The Balaban J connectivity index is 1.63. The molecular formula is C21H19ClN4O2. The summed E-state index contributed by atoms with van der Waals surface area (Å²) in [7, 11) is 0.